The molecule has 5 nitrogen and oxygen atoms in total. The number of carbonyl (C=O) groups is 1. The highest BCUT2D eigenvalue weighted by atomic mass is 32.2. The minimum Gasteiger partial charge on any atom is -0.383 e. The molecule has 1 amide bonds. The third-order valence-corrected chi connectivity index (χ3v) is 5.61. The Morgan fingerprint density at radius 1 is 1.21 bits per heavy atom. The molecule has 1 heterocycles. The van der Waals surface area contributed by atoms with E-state index in [2.05, 4.69) is 14.9 Å². The molecule has 3 rings (SSSR count). The lowest BCUT2D eigenvalue weighted by atomic mass is 10.1. The summed E-state index contributed by atoms with van der Waals surface area (Å²) < 4.78 is 20.4. The van der Waals surface area contributed by atoms with E-state index in [1.165, 1.54) is 23.9 Å². The van der Waals surface area contributed by atoms with Crippen LogP contribution in [0.5, 0.6) is 0 Å². The lowest BCUT2D eigenvalue weighted by Crippen LogP contribution is -2.33. The van der Waals surface area contributed by atoms with E-state index in [1.807, 2.05) is 38.1 Å². The van der Waals surface area contributed by atoms with Gasteiger partial charge in [-0.1, -0.05) is 36.0 Å². The van der Waals surface area contributed by atoms with Gasteiger partial charge in [0.15, 0.2) is 5.16 Å². The van der Waals surface area contributed by atoms with Crippen LogP contribution in [0.25, 0.3) is 11.0 Å². The first-order chi connectivity index (χ1) is 13.5. The maximum absolute atomic E-state index is 13.1. The first-order valence-electron chi connectivity index (χ1n) is 9.16. The highest BCUT2D eigenvalue weighted by Crippen LogP contribution is 2.28. The number of para-hydroxylation sites is 2. The Hall–Kier alpha value is -2.38. The molecule has 1 N–H and O–H groups in total. The Morgan fingerprint density at radius 3 is 2.64 bits per heavy atom. The zero-order valence-corrected chi connectivity index (χ0v) is 17.0. The number of halogens is 1. The Labute approximate surface area is 168 Å². The van der Waals surface area contributed by atoms with Crippen molar-refractivity contribution < 1.29 is 13.9 Å². The summed E-state index contributed by atoms with van der Waals surface area (Å²) >= 11 is 1.42. The van der Waals surface area contributed by atoms with Gasteiger partial charge in [-0.05, 0) is 43.7 Å². The average Bonchev–Trinajstić information content (AvgIpc) is 3.03. The van der Waals surface area contributed by atoms with Gasteiger partial charge in [0.25, 0.3) is 0 Å². The normalized spacial score (nSPS) is 13.4. The van der Waals surface area contributed by atoms with Crippen molar-refractivity contribution in [3.8, 4) is 0 Å². The van der Waals surface area contributed by atoms with Crippen molar-refractivity contribution in [3.05, 3.63) is 59.9 Å². The van der Waals surface area contributed by atoms with Crippen molar-refractivity contribution in [2.24, 2.45) is 0 Å². The van der Waals surface area contributed by atoms with Crippen LogP contribution in [-0.4, -0.2) is 34.4 Å². The van der Waals surface area contributed by atoms with E-state index in [-0.39, 0.29) is 23.0 Å². The molecule has 0 aliphatic heterocycles. The van der Waals surface area contributed by atoms with Gasteiger partial charge in [0.1, 0.15) is 5.82 Å². The molecule has 0 aliphatic rings. The molecule has 0 spiro atoms. The summed E-state index contributed by atoms with van der Waals surface area (Å²) in [6.45, 7) is 4.98. The zero-order valence-electron chi connectivity index (χ0n) is 16.2. The Bertz CT molecular complexity index is 942. The van der Waals surface area contributed by atoms with Crippen molar-refractivity contribution >= 4 is 28.7 Å². The van der Waals surface area contributed by atoms with Crippen molar-refractivity contribution in [3.63, 3.8) is 0 Å². The van der Waals surface area contributed by atoms with Crippen LogP contribution in [0.2, 0.25) is 0 Å². The second-order valence-electron chi connectivity index (χ2n) is 6.57. The molecular formula is C21H24FN3O2S. The first-order valence-corrected chi connectivity index (χ1v) is 10.0. The fourth-order valence-corrected chi connectivity index (χ4v) is 3.88. The number of rotatable bonds is 8. The van der Waals surface area contributed by atoms with Gasteiger partial charge in [-0.3, -0.25) is 4.79 Å². The Morgan fingerprint density at radius 2 is 1.93 bits per heavy atom. The maximum atomic E-state index is 13.1. The van der Waals surface area contributed by atoms with Gasteiger partial charge < -0.3 is 14.6 Å². The molecule has 0 saturated carbocycles. The van der Waals surface area contributed by atoms with Crippen LogP contribution < -0.4 is 5.32 Å². The quantitative estimate of drug-likeness (QED) is 0.576. The molecule has 148 valence electrons. The number of methoxy groups -OCH3 is 1. The number of ether oxygens (including phenoxy) is 1. The molecule has 28 heavy (non-hydrogen) atoms. The summed E-state index contributed by atoms with van der Waals surface area (Å²) in [6, 6.07) is 13.9. The largest absolute Gasteiger partial charge is 0.383 e. The molecule has 3 aromatic rings. The third kappa shape index (κ3) is 4.72. The smallest absolute Gasteiger partial charge is 0.233 e. The van der Waals surface area contributed by atoms with Gasteiger partial charge in [-0.2, -0.15) is 0 Å². The van der Waals surface area contributed by atoms with Crippen LogP contribution >= 0.6 is 11.8 Å². The molecule has 1 aromatic heterocycles. The van der Waals surface area contributed by atoms with Crippen LogP contribution in [0.3, 0.4) is 0 Å². The Kier molecular flexibility index (Phi) is 6.70. The van der Waals surface area contributed by atoms with Crippen molar-refractivity contribution in [2.75, 3.05) is 13.7 Å². The summed E-state index contributed by atoms with van der Waals surface area (Å²) in [5.41, 5.74) is 2.78. The van der Waals surface area contributed by atoms with E-state index in [9.17, 15) is 9.18 Å². The molecule has 0 saturated heterocycles. The predicted octanol–water partition coefficient (Wildman–Crippen LogP) is 4.18. The molecule has 2 atom stereocenters. The van der Waals surface area contributed by atoms with Crippen LogP contribution in [0, 0.1) is 5.82 Å². The molecule has 2 aromatic carbocycles. The summed E-state index contributed by atoms with van der Waals surface area (Å²) in [4.78, 5) is 17.4. The van der Waals surface area contributed by atoms with Crippen molar-refractivity contribution in [1.82, 2.24) is 14.9 Å². The lowest BCUT2D eigenvalue weighted by Gasteiger charge is -2.18. The molecule has 0 unspecified atom stereocenters. The summed E-state index contributed by atoms with van der Waals surface area (Å²) in [7, 11) is 1.67. The first kappa shape index (κ1) is 20.4. The van der Waals surface area contributed by atoms with Crippen LogP contribution in [0.4, 0.5) is 4.39 Å². The molecule has 0 radical (unpaired) electrons. The minimum atomic E-state index is -0.332. The standard InChI is InChI=1S/C21H24FN3O2S/c1-14(16-8-10-17(22)11-9-16)23-20(26)15(2)28-21-24-18-6-4-5-7-19(18)25(21)12-13-27-3/h4-11,14-15H,12-13H2,1-3H3,(H,23,26)/t14-,15+/m1/s1. The number of hydrogen-bond acceptors (Lipinski definition) is 4. The van der Waals surface area contributed by atoms with Gasteiger partial charge in [0, 0.05) is 13.7 Å². The number of amides is 1. The number of thioether (sulfide) groups is 1. The highest BCUT2D eigenvalue weighted by Gasteiger charge is 2.21. The number of nitrogens with one attached hydrogen (secondary N) is 1. The number of fused-ring (bicyclic) bond motifs is 1. The number of nitrogens with zero attached hydrogens (tertiary/aromatic N) is 2. The van der Waals surface area contributed by atoms with Crippen LogP contribution in [0.15, 0.2) is 53.7 Å². The third-order valence-electron chi connectivity index (χ3n) is 4.52. The lowest BCUT2D eigenvalue weighted by molar-refractivity contribution is -0.120. The summed E-state index contributed by atoms with van der Waals surface area (Å²) in [5, 5.41) is 3.44. The summed E-state index contributed by atoms with van der Waals surface area (Å²) in [6.07, 6.45) is 0. The van der Waals surface area contributed by atoms with E-state index < -0.39 is 0 Å². The van der Waals surface area contributed by atoms with E-state index in [0.717, 1.165) is 21.8 Å². The summed E-state index contributed by atoms with van der Waals surface area (Å²) in [5.74, 6) is -0.381. The number of carbonyl (C=O) groups excluding carboxylic acids is 1. The van der Waals surface area contributed by atoms with Gasteiger partial charge in [-0.25, -0.2) is 9.37 Å². The fourth-order valence-electron chi connectivity index (χ4n) is 2.92. The van der Waals surface area contributed by atoms with E-state index >= 15 is 0 Å². The SMILES string of the molecule is COCCn1c(S[C@@H](C)C(=O)N[C@H](C)c2ccc(F)cc2)nc2ccccc21. The second-order valence-corrected chi connectivity index (χ2v) is 7.88. The number of hydrogen-bond donors (Lipinski definition) is 1. The fraction of sp³-hybridized carbons (Fsp3) is 0.333. The highest BCUT2D eigenvalue weighted by molar-refractivity contribution is 8.00. The van der Waals surface area contributed by atoms with E-state index in [0.29, 0.717) is 13.2 Å². The Balaban J connectivity index is 1.72. The average molecular weight is 402 g/mol. The maximum Gasteiger partial charge on any atom is 0.233 e. The zero-order chi connectivity index (χ0) is 20.1. The van der Waals surface area contributed by atoms with Crippen LogP contribution in [-0.2, 0) is 16.1 Å². The van der Waals surface area contributed by atoms with Gasteiger partial charge in [0.2, 0.25) is 5.91 Å². The van der Waals surface area contributed by atoms with E-state index in [1.54, 1.807) is 19.2 Å². The van der Waals surface area contributed by atoms with Gasteiger partial charge in [0.05, 0.1) is 28.9 Å². The molecular weight excluding hydrogens is 377 g/mol. The predicted molar refractivity (Wildman–Crippen MR) is 110 cm³/mol. The minimum absolute atomic E-state index is 0.0906. The molecule has 0 fully saturated rings. The van der Waals surface area contributed by atoms with Crippen molar-refractivity contribution in [2.45, 2.75) is 36.8 Å². The monoisotopic (exact) mass is 401 g/mol. The number of benzene rings is 2. The van der Waals surface area contributed by atoms with E-state index in [4.69, 9.17) is 4.74 Å². The topological polar surface area (TPSA) is 56.1 Å². The van der Waals surface area contributed by atoms with Gasteiger partial charge in [-0.15, -0.1) is 0 Å². The second kappa shape index (κ2) is 9.21. The molecule has 7 heteroatoms. The van der Waals surface area contributed by atoms with Crippen LogP contribution in [0.1, 0.15) is 25.5 Å². The molecule has 0 bridgehead atoms. The number of aromatic nitrogens is 2. The van der Waals surface area contributed by atoms with Crippen molar-refractivity contribution in [1.29, 1.82) is 0 Å². The van der Waals surface area contributed by atoms with Gasteiger partial charge >= 0.3 is 0 Å². The molecule has 0 aliphatic carbocycles. The number of imidazole rings is 1.